The third kappa shape index (κ3) is 3.31. The van der Waals surface area contributed by atoms with Crippen molar-refractivity contribution in [1.82, 2.24) is 5.16 Å². The third-order valence-corrected chi connectivity index (χ3v) is 4.00. The van der Waals surface area contributed by atoms with E-state index in [-0.39, 0.29) is 18.1 Å². The predicted octanol–water partition coefficient (Wildman–Crippen LogP) is 4.17. The van der Waals surface area contributed by atoms with Gasteiger partial charge in [-0.25, -0.2) is 0 Å². The molecule has 1 heterocycles. The SMILES string of the molecule is CC(=O)c1ccc(Cl)c(NC(=O)Cc2noc3ccc(C)cc23)c1. The highest BCUT2D eigenvalue weighted by Crippen LogP contribution is 2.24. The van der Waals surface area contributed by atoms with Gasteiger partial charge in [0.25, 0.3) is 0 Å². The minimum Gasteiger partial charge on any atom is -0.356 e. The van der Waals surface area contributed by atoms with Crippen LogP contribution in [0.1, 0.15) is 28.5 Å². The van der Waals surface area contributed by atoms with Crippen LogP contribution >= 0.6 is 11.6 Å². The Kier molecular flexibility index (Phi) is 4.36. The first kappa shape index (κ1) is 16.2. The van der Waals surface area contributed by atoms with Gasteiger partial charge in [0.05, 0.1) is 17.1 Å². The number of aromatic nitrogens is 1. The Morgan fingerprint density at radius 1 is 1.21 bits per heavy atom. The van der Waals surface area contributed by atoms with Gasteiger partial charge in [-0.05, 0) is 44.2 Å². The molecule has 2 aromatic carbocycles. The van der Waals surface area contributed by atoms with Crippen LogP contribution in [0.4, 0.5) is 5.69 Å². The highest BCUT2D eigenvalue weighted by Gasteiger charge is 2.14. The zero-order valence-corrected chi connectivity index (χ0v) is 14.0. The molecule has 0 saturated carbocycles. The molecule has 0 radical (unpaired) electrons. The lowest BCUT2D eigenvalue weighted by atomic mass is 10.1. The molecule has 122 valence electrons. The maximum absolute atomic E-state index is 12.3. The molecule has 0 bridgehead atoms. The van der Waals surface area contributed by atoms with Crippen LogP contribution in [0.25, 0.3) is 11.0 Å². The van der Waals surface area contributed by atoms with Gasteiger partial charge < -0.3 is 9.84 Å². The lowest BCUT2D eigenvalue weighted by molar-refractivity contribution is -0.115. The number of benzene rings is 2. The number of Topliss-reactive ketones (excluding diaryl/α,β-unsaturated/α-hetero) is 1. The fourth-order valence-corrected chi connectivity index (χ4v) is 2.58. The average Bonchev–Trinajstić information content (AvgIpc) is 2.91. The average molecular weight is 343 g/mol. The standard InChI is InChI=1S/C18H15ClN2O3/c1-10-3-6-17-13(7-10)15(21-24-17)9-18(23)20-16-8-12(11(2)22)4-5-14(16)19/h3-8H,9H2,1-2H3,(H,20,23). The fraction of sp³-hybridized carbons (Fsp3) is 0.167. The summed E-state index contributed by atoms with van der Waals surface area (Å²) in [5.74, 6) is -0.380. The highest BCUT2D eigenvalue weighted by atomic mass is 35.5. The van der Waals surface area contributed by atoms with Crippen molar-refractivity contribution in [3.05, 3.63) is 58.2 Å². The van der Waals surface area contributed by atoms with E-state index < -0.39 is 0 Å². The number of carbonyl (C=O) groups is 2. The summed E-state index contributed by atoms with van der Waals surface area (Å²) in [4.78, 5) is 23.8. The molecular weight excluding hydrogens is 328 g/mol. The number of anilines is 1. The van der Waals surface area contributed by atoms with Gasteiger partial charge in [-0.3, -0.25) is 9.59 Å². The summed E-state index contributed by atoms with van der Waals surface area (Å²) < 4.78 is 5.23. The Hall–Kier alpha value is -2.66. The van der Waals surface area contributed by atoms with Crippen molar-refractivity contribution in [2.24, 2.45) is 0 Å². The monoisotopic (exact) mass is 342 g/mol. The van der Waals surface area contributed by atoms with Crippen LogP contribution in [0.2, 0.25) is 5.02 Å². The third-order valence-electron chi connectivity index (χ3n) is 3.68. The molecule has 3 aromatic rings. The number of carbonyl (C=O) groups excluding carboxylic acids is 2. The number of hydrogen-bond donors (Lipinski definition) is 1. The Bertz CT molecular complexity index is 947. The van der Waals surface area contributed by atoms with Crippen molar-refractivity contribution < 1.29 is 14.1 Å². The summed E-state index contributed by atoms with van der Waals surface area (Å²) in [5.41, 5.74) is 3.14. The molecule has 0 fully saturated rings. The molecule has 0 saturated heterocycles. The molecule has 0 aliphatic rings. The lowest BCUT2D eigenvalue weighted by Gasteiger charge is -2.08. The smallest absolute Gasteiger partial charge is 0.230 e. The zero-order valence-electron chi connectivity index (χ0n) is 13.2. The van der Waals surface area contributed by atoms with Gasteiger partial charge in [0.2, 0.25) is 5.91 Å². The molecule has 0 spiro atoms. The number of fused-ring (bicyclic) bond motifs is 1. The molecule has 0 aliphatic heterocycles. The molecule has 0 unspecified atom stereocenters. The first-order chi connectivity index (χ1) is 11.4. The number of rotatable bonds is 4. The number of halogens is 1. The Morgan fingerprint density at radius 3 is 2.75 bits per heavy atom. The van der Waals surface area contributed by atoms with Crippen LogP contribution < -0.4 is 5.32 Å². The van der Waals surface area contributed by atoms with Gasteiger partial charge in [0.1, 0.15) is 5.69 Å². The summed E-state index contributed by atoms with van der Waals surface area (Å²) in [7, 11) is 0. The van der Waals surface area contributed by atoms with Crippen LogP contribution in [0.5, 0.6) is 0 Å². The molecule has 5 nitrogen and oxygen atoms in total. The van der Waals surface area contributed by atoms with E-state index in [9.17, 15) is 9.59 Å². The van der Waals surface area contributed by atoms with Crippen molar-refractivity contribution in [2.45, 2.75) is 20.3 Å². The van der Waals surface area contributed by atoms with E-state index >= 15 is 0 Å². The van der Waals surface area contributed by atoms with E-state index in [4.69, 9.17) is 16.1 Å². The number of amides is 1. The highest BCUT2D eigenvalue weighted by molar-refractivity contribution is 6.33. The Morgan fingerprint density at radius 2 is 2.00 bits per heavy atom. The van der Waals surface area contributed by atoms with Crippen molar-refractivity contribution in [3.8, 4) is 0 Å². The fourth-order valence-electron chi connectivity index (χ4n) is 2.42. The second-order valence-corrected chi connectivity index (χ2v) is 6.01. The Balaban J connectivity index is 1.81. The summed E-state index contributed by atoms with van der Waals surface area (Å²) in [6, 6.07) is 10.4. The Labute approximate surface area is 143 Å². The van der Waals surface area contributed by atoms with Crippen LogP contribution in [0.3, 0.4) is 0 Å². The molecule has 0 aliphatic carbocycles. The van der Waals surface area contributed by atoms with Gasteiger partial charge in [-0.2, -0.15) is 0 Å². The van der Waals surface area contributed by atoms with Gasteiger partial charge in [0, 0.05) is 10.9 Å². The van der Waals surface area contributed by atoms with Gasteiger partial charge in [0.15, 0.2) is 11.4 Å². The molecule has 0 atom stereocenters. The van der Waals surface area contributed by atoms with Crippen molar-refractivity contribution in [1.29, 1.82) is 0 Å². The molecular formula is C18H15ClN2O3. The van der Waals surface area contributed by atoms with Crippen molar-refractivity contribution >= 4 is 39.9 Å². The largest absolute Gasteiger partial charge is 0.356 e. The van der Waals surface area contributed by atoms with Crippen LogP contribution in [-0.4, -0.2) is 16.8 Å². The number of hydrogen-bond acceptors (Lipinski definition) is 4. The van der Waals surface area contributed by atoms with E-state index in [0.717, 1.165) is 10.9 Å². The summed E-state index contributed by atoms with van der Waals surface area (Å²) in [5, 5.41) is 7.86. The predicted molar refractivity (Wildman–Crippen MR) is 92.5 cm³/mol. The second-order valence-electron chi connectivity index (χ2n) is 5.60. The maximum Gasteiger partial charge on any atom is 0.230 e. The van der Waals surface area contributed by atoms with E-state index in [0.29, 0.717) is 27.6 Å². The molecule has 24 heavy (non-hydrogen) atoms. The van der Waals surface area contributed by atoms with E-state index in [1.54, 1.807) is 18.2 Å². The topological polar surface area (TPSA) is 72.2 Å². The van der Waals surface area contributed by atoms with E-state index in [2.05, 4.69) is 10.5 Å². The van der Waals surface area contributed by atoms with Gasteiger partial charge >= 0.3 is 0 Å². The normalized spacial score (nSPS) is 10.8. The number of nitrogens with zero attached hydrogens (tertiary/aromatic N) is 1. The molecule has 1 amide bonds. The molecule has 6 heteroatoms. The number of ketones is 1. The van der Waals surface area contributed by atoms with E-state index in [1.165, 1.54) is 6.92 Å². The summed E-state index contributed by atoms with van der Waals surface area (Å²) in [6.45, 7) is 3.42. The second kappa shape index (κ2) is 6.45. The zero-order chi connectivity index (χ0) is 17.3. The van der Waals surface area contributed by atoms with Crippen LogP contribution in [0, 0.1) is 6.92 Å². The summed E-state index contributed by atoms with van der Waals surface area (Å²) >= 11 is 6.08. The molecule has 1 N–H and O–H groups in total. The first-order valence-corrected chi connectivity index (χ1v) is 7.77. The van der Waals surface area contributed by atoms with Crippen LogP contribution in [-0.2, 0) is 11.2 Å². The van der Waals surface area contributed by atoms with Crippen molar-refractivity contribution in [3.63, 3.8) is 0 Å². The van der Waals surface area contributed by atoms with Crippen molar-refractivity contribution in [2.75, 3.05) is 5.32 Å². The minimum absolute atomic E-state index is 0.0527. The number of nitrogens with one attached hydrogen (secondary N) is 1. The molecule has 1 aromatic heterocycles. The van der Waals surface area contributed by atoms with Gasteiger partial charge in [-0.15, -0.1) is 0 Å². The first-order valence-electron chi connectivity index (χ1n) is 7.39. The summed E-state index contributed by atoms with van der Waals surface area (Å²) in [6.07, 6.45) is 0.0527. The molecule has 3 rings (SSSR count). The van der Waals surface area contributed by atoms with E-state index in [1.807, 2.05) is 25.1 Å². The van der Waals surface area contributed by atoms with Crippen LogP contribution in [0.15, 0.2) is 40.9 Å². The minimum atomic E-state index is -0.283. The van der Waals surface area contributed by atoms with Gasteiger partial charge in [-0.1, -0.05) is 28.4 Å². The lowest BCUT2D eigenvalue weighted by Crippen LogP contribution is -2.15. The maximum atomic E-state index is 12.3. The quantitative estimate of drug-likeness (QED) is 0.722. The number of aryl methyl sites for hydroxylation is 1.